The number of carbonyl (C=O) groups is 1. The van der Waals surface area contributed by atoms with E-state index in [0.29, 0.717) is 5.92 Å². The molecular formula is C13H13N3OS2. The van der Waals surface area contributed by atoms with Crippen molar-refractivity contribution in [2.24, 2.45) is 11.8 Å². The van der Waals surface area contributed by atoms with Crippen molar-refractivity contribution in [3.8, 4) is 0 Å². The van der Waals surface area contributed by atoms with Gasteiger partial charge in [-0.25, -0.2) is 0 Å². The van der Waals surface area contributed by atoms with Gasteiger partial charge in [-0.05, 0) is 36.6 Å². The normalized spacial score (nSPS) is 21.1. The zero-order valence-corrected chi connectivity index (χ0v) is 12.0. The molecule has 4 nitrogen and oxygen atoms in total. The van der Waals surface area contributed by atoms with Crippen molar-refractivity contribution in [3.63, 3.8) is 0 Å². The lowest BCUT2D eigenvalue weighted by Crippen LogP contribution is -2.14. The molecule has 1 aliphatic rings. The van der Waals surface area contributed by atoms with Crippen molar-refractivity contribution < 1.29 is 4.79 Å². The topological polar surface area (TPSA) is 54.9 Å². The number of amides is 1. The summed E-state index contributed by atoms with van der Waals surface area (Å²) in [4.78, 5) is 12.9. The van der Waals surface area contributed by atoms with Gasteiger partial charge in [0.25, 0.3) is 0 Å². The minimum Gasteiger partial charge on any atom is -0.326 e. The fraction of sp³-hybridized carbons (Fsp3) is 0.308. The number of anilines is 1. The number of benzene rings is 1. The molecule has 0 aliphatic heterocycles. The number of aromatic nitrogens is 2. The molecule has 6 heteroatoms. The highest BCUT2D eigenvalue weighted by Crippen LogP contribution is 2.38. The van der Waals surface area contributed by atoms with Crippen LogP contribution in [-0.2, 0) is 4.79 Å². The van der Waals surface area contributed by atoms with Gasteiger partial charge < -0.3 is 5.32 Å². The Morgan fingerprint density at radius 3 is 2.74 bits per heavy atom. The van der Waals surface area contributed by atoms with Crippen LogP contribution in [0.5, 0.6) is 0 Å². The van der Waals surface area contributed by atoms with Gasteiger partial charge in [0.1, 0.15) is 5.51 Å². The van der Waals surface area contributed by atoms with E-state index in [4.69, 9.17) is 0 Å². The Hall–Kier alpha value is -1.40. The van der Waals surface area contributed by atoms with E-state index >= 15 is 0 Å². The van der Waals surface area contributed by atoms with E-state index in [1.807, 2.05) is 24.3 Å². The number of rotatable bonds is 4. The lowest BCUT2D eigenvalue weighted by atomic mass is 10.3. The fourth-order valence-corrected chi connectivity index (χ4v) is 3.29. The van der Waals surface area contributed by atoms with Crippen LogP contribution in [-0.4, -0.2) is 16.1 Å². The van der Waals surface area contributed by atoms with Crippen LogP contribution in [0, 0.1) is 11.8 Å². The summed E-state index contributed by atoms with van der Waals surface area (Å²) in [6, 6.07) is 7.82. The molecule has 1 aromatic carbocycles. The first kappa shape index (κ1) is 12.6. The largest absolute Gasteiger partial charge is 0.326 e. The Bertz CT molecular complexity index is 568. The molecular weight excluding hydrogens is 278 g/mol. The van der Waals surface area contributed by atoms with Crippen molar-refractivity contribution in [1.29, 1.82) is 0 Å². The van der Waals surface area contributed by atoms with Crippen LogP contribution in [0.25, 0.3) is 0 Å². The van der Waals surface area contributed by atoms with Crippen LogP contribution >= 0.6 is 23.1 Å². The van der Waals surface area contributed by atoms with E-state index in [-0.39, 0.29) is 11.8 Å². The number of hydrogen-bond donors (Lipinski definition) is 1. The molecule has 2 aromatic rings. The maximum atomic E-state index is 11.8. The third-order valence-corrected chi connectivity index (χ3v) is 4.90. The molecule has 1 N–H and O–H groups in total. The van der Waals surface area contributed by atoms with Crippen molar-refractivity contribution in [1.82, 2.24) is 10.2 Å². The summed E-state index contributed by atoms with van der Waals surface area (Å²) in [7, 11) is 0. The van der Waals surface area contributed by atoms with E-state index < -0.39 is 0 Å². The molecule has 98 valence electrons. The zero-order valence-electron chi connectivity index (χ0n) is 10.4. The van der Waals surface area contributed by atoms with E-state index in [9.17, 15) is 4.79 Å². The first-order valence-electron chi connectivity index (χ1n) is 6.07. The highest BCUT2D eigenvalue weighted by molar-refractivity contribution is 8.01. The first-order valence-corrected chi connectivity index (χ1v) is 7.77. The minimum atomic E-state index is 0.136. The van der Waals surface area contributed by atoms with Gasteiger partial charge in [0.05, 0.1) is 0 Å². The molecule has 0 bridgehead atoms. The number of carbonyl (C=O) groups excluding carboxylic acids is 1. The Kier molecular flexibility index (Phi) is 3.52. The summed E-state index contributed by atoms with van der Waals surface area (Å²) in [6.45, 7) is 2.10. The summed E-state index contributed by atoms with van der Waals surface area (Å²) >= 11 is 3.09. The molecule has 1 amide bonds. The van der Waals surface area contributed by atoms with Crippen LogP contribution in [0.1, 0.15) is 13.3 Å². The lowest BCUT2D eigenvalue weighted by Gasteiger charge is -2.05. The second-order valence-electron chi connectivity index (χ2n) is 4.64. The second kappa shape index (κ2) is 5.30. The van der Waals surface area contributed by atoms with Crippen LogP contribution in [0.15, 0.2) is 39.0 Å². The SMILES string of the molecule is CC1CC1C(=O)Nc1ccc(Sc2nncs2)cc1. The minimum absolute atomic E-state index is 0.136. The van der Waals surface area contributed by atoms with Crippen molar-refractivity contribution in [2.45, 2.75) is 22.6 Å². The van der Waals surface area contributed by atoms with Gasteiger partial charge in [0.2, 0.25) is 5.91 Å². The Balaban J connectivity index is 1.61. The number of hydrogen-bond acceptors (Lipinski definition) is 5. The highest BCUT2D eigenvalue weighted by Gasteiger charge is 2.38. The predicted octanol–water partition coefficient (Wildman–Crippen LogP) is 3.28. The predicted molar refractivity (Wildman–Crippen MR) is 76.4 cm³/mol. The van der Waals surface area contributed by atoms with Gasteiger partial charge >= 0.3 is 0 Å². The van der Waals surface area contributed by atoms with Crippen molar-refractivity contribution in [3.05, 3.63) is 29.8 Å². The summed E-state index contributed by atoms with van der Waals surface area (Å²) < 4.78 is 0.920. The van der Waals surface area contributed by atoms with E-state index in [2.05, 4.69) is 22.4 Å². The summed E-state index contributed by atoms with van der Waals surface area (Å²) in [5, 5.41) is 10.7. The van der Waals surface area contributed by atoms with Gasteiger partial charge in [-0.2, -0.15) is 0 Å². The Morgan fingerprint density at radius 1 is 1.42 bits per heavy atom. The molecule has 1 saturated carbocycles. The fourth-order valence-electron chi connectivity index (χ4n) is 1.84. The molecule has 0 radical (unpaired) electrons. The van der Waals surface area contributed by atoms with Gasteiger partial charge in [-0.15, -0.1) is 10.2 Å². The van der Waals surface area contributed by atoms with Crippen LogP contribution in [0.2, 0.25) is 0 Å². The quantitative estimate of drug-likeness (QED) is 0.939. The van der Waals surface area contributed by atoms with Gasteiger partial charge in [0, 0.05) is 16.5 Å². The van der Waals surface area contributed by atoms with Crippen LogP contribution < -0.4 is 5.32 Å². The third kappa shape index (κ3) is 3.13. The summed E-state index contributed by atoms with van der Waals surface area (Å²) in [5.74, 6) is 0.875. The molecule has 1 heterocycles. The highest BCUT2D eigenvalue weighted by atomic mass is 32.2. The van der Waals surface area contributed by atoms with Gasteiger partial charge in [-0.3, -0.25) is 4.79 Å². The maximum absolute atomic E-state index is 11.8. The molecule has 1 aliphatic carbocycles. The number of nitrogens with zero attached hydrogens (tertiary/aromatic N) is 2. The van der Waals surface area contributed by atoms with Crippen LogP contribution in [0.3, 0.4) is 0 Å². The average molecular weight is 291 g/mol. The second-order valence-corrected chi connectivity index (χ2v) is 6.79. The monoisotopic (exact) mass is 291 g/mol. The molecule has 1 fully saturated rings. The zero-order chi connectivity index (χ0) is 13.2. The van der Waals surface area contributed by atoms with Crippen molar-refractivity contribution in [2.75, 3.05) is 5.32 Å². The van der Waals surface area contributed by atoms with Crippen LogP contribution in [0.4, 0.5) is 5.69 Å². The molecule has 0 saturated heterocycles. The summed E-state index contributed by atoms with van der Waals surface area (Å²) in [6.07, 6.45) is 1.01. The van der Waals surface area contributed by atoms with E-state index in [1.165, 1.54) is 11.3 Å². The smallest absolute Gasteiger partial charge is 0.227 e. The van der Waals surface area contributed by atoms with E-state index in [1.54, 1.807) is 17.3 Å². The van der Waals surface area contributed by atoms with E-state index in [0.717, 1.165) is 21.3 Å². The van der Waals surface area contributed by atoms with Crippen molar-refractivity contribution >= 4 is 34.7 Å². The standard InChI is InChI=1S/C13H13N3OS2/c1-8-6-11(8)12(17)15-9-2-4-10(5-3-9)19-13-16-14-7-18-13/h2-5,7-8,11H,6H2,1H3,(H,15,17). The molecule has 1 aromatic heterocycles. The average Bonchev–Trinajstić information content (AvgIpc) is 2.92. The maximum Gasteiger partial charge on any atom is 0.227 e. The molecule has 0 spiro atoms. The number of nitrogens with one attached hydrogen (secondary N) is 1. The third-order valence-electron chi connectivity index (χ3n) is 3.11. The Labute approximate surface area is 119 Å². The molecule has 19 heavy (non-hydrogen) atoms. The molecule has 2 unspecified atom stereocenters. The molecule has 3 rings (SSSR count). The Morgan fingerprint density at radius 2 is 2.16 bits per heavy atom. The lowest BCUT2D eigenvalue weighted by molar-refractivity contribution is -0.117. The van der Waals surface area contributed by atoms with Gasteiger partial charge in [-0.1, -0.05) is 30.0 Å². The van der Waals surface area contributed by atoms with Gasteiger partial charge in [0.15, 0.2) is 4.34 Å². The summed E-state index contributed by atoms with van der Waals surface area (Å²) in [5.41, 5.74) is 2.57. The molecule has 2 atom stereocenters. The first-order chi connectivity index (χ1) is 9.22.